The average Bonchev–Trinajstić information content (AvgIpc) is 3.14. The number of amides is 1. The molecule has 0 fully saturated rings. The Morgan fingerprint density at radius 1 is 1.06 bits per heavy atom. The summed E-state index contributed by atoms with van der Waals surface area (Å²) >= 11 is 1.15. The summed E-state index contributed by atoms with van der Waals surface area (Å²) in [5, 5.41) is 6.46. The number of benzene rings is 2. The number of para-hydroxylation sites is 2. The molecule has 2 heterocycles. The maximum atomic E-state index is 13.0. The minimum Gasteiger partial charge on any atom is -0.329 e. The Morgan fingerprint density at radius 2 is 1.78 bits per heavy atom. The standard InChI is InChI=1S/C21H20N6O3S2/c1-3-23-32(29,30)15-10-8-14(9-11-15)24-20(28)19-13(2)27-31-21(19)26-18-12-22-16-6-4-5-7-17(16)25-18/h4-12,23H,3H2,1-2H3,(H,24,28)(H,25,26). The van der Waals surface area contributed by atoms with Crippen LogP contribution in [0.15, 0.2) is 59.6 Å². The van der Waals surface area contributed by atoms with Crippen molar-refractivity contribution >= 4 is 55.0 Å². The van der Waals surface area contributed by atoms with Crippen LogP contribution in [0.3, 0.4) is 0 Å². The molecule has 0 radical (unpaired) electrons. The molecule has 0 saturated heterocycles. The second kappa shape index (κ2) is 8.99. The molecule has 2 aromatic carbocycles. The van der Waals surface area contributed by atoms with Gasteiger partial charge >= 0.3 is 0 Å². The Kier molecular flexibility index (Phi) is 6.12. The van der Waals surface area contributed by atoms with E-state index in [1.165, 1.54) is 12.1 Å². The van der Waals surface area contributed by atoms with Crippen molar-refractivity contribution in [2.24, 2.45) is 0 Å². The number of aryl methyl sites for hydroxylation is 1. The van der Waals surface area contributed by atoms with Crippen molar-refractivity contribution in [3.05, 3.63) is 66.0 Å². The van der Waals surface area contributed by atoms with Crippen LogP contribution in [-0.4, -0.2) is 35.2 Å². The summed E-state index contributed by atoms with van der Waals surface area (Å²) < 4.78 is 30.9. The van der Waals surface area contributed by atoms with Crippen molar-refractivity contribution < 1.29 is 13.2 Å². The van der Waals surface area contributed by atoms with Crippen LogP contribution in [0.4, 0.5) is 16.5 Å². The Labute approximate surface area is 189 Å². The van der Waals surface area contributed by atoms with E-state index in [0.29, 0.717) is 34.3 Å². The molecule has 0 spiro atoms. The first kappa shape index (κ1) is 21.8. The lowest BCUT2D eigenvalue weighted by Gasteiger charge is -2.09. The van der Waals surface area contributed by atoms with Gasteiger partial charge in [0, 0.05) is 12.2 Å². The number of carbonyl (C=O) groups is 1. The fraction of sp³-hybridized carbons (Fsp3) is 0.143. The maximum Gasteiger partial charge on any atom is 0.260 e. The van der Waals surface area contributed by atoms with Gasteiger partial charge in [0.1, 0.15) is 10.8 Å². The van der Waals surface area contributed by atoms with Crippen molar-refractivity contribution in [2.45, 2.75) is 18.7 Å². The van der Waals surface area contributed by atoms with E-state index in [2.05, 4.69) is 29.7 Å². The van der Waals surface area contributed by atoms with E-state index in [1.54, 1.807) is 32.2 Å². The highest BCUT2D eigenvalue weighted by Gasteiger charge is 2.20. The summed E-state index contributed by atoms with van der Waals surface area (Å²) in [6, 6.07) is 13.5. The molecule has 32 heavy (non-hydrogen) atoms. The van der Waals surface area contributed by atoms with Crippen LogP contribution < -0.4 is 15.4 Å². The molecule has 3 N–H and O–H groups in total. The fourth-order valence-electron chi connectivity index (χ4n) is 3.04. The molecule has 4 aromatic rings. The predicted molar refractivity (Wildman–Crippen MR) is 125 cm³/mol. The minimum atomic E-state index is -3.56. The highest BCUT2D eigenvalue weighted by atomic mass is 32.2. The van der Waals surface area contributed by atoms with Crippen molar-refractivity contribution in [3.63, 3.8) is 0 Å². The molecule has 4 rings (SSSR count). The minimum absolute atomic E-state index is 0.128. The predicted octanol–water partition coefficient (Wildman–Crippen LogP) is 3.69. The van der Waals surface area contributed by atoms with Crippen LogP contribution in [0, 0.1) is 6.92 Å². The molecule has 0 aliphatic heterocycles. The first-order chi connectivity index (χ1) is 15.4. The lowest BCUT2D eigenvalue weighted by molar-refractivity contribution is 0.102. The van der Waals surface area contributed by atoms with Crippen LogP contribution in [0.5, 0.6) is 0 Å². The summed E-state index contributed by atoms with van der Waals surface area (Å²) in [6.07, 6.45) is 1.60. The van der Waals surface area contributed by atoms with Crippen molar-refractivity contribution in [1.29, 1.82) is 0 Å². The quantitative estimate of drug-likeness (QED) is 0.378. The van der Waals surface area contributed by atoms with Crippen molar-refractivity contribution in [2.75, 3.05) is 17.2 Å². The molecule has 0 atom stereocenters. The number of nitrogens with zero attached hydrogens (tertiary/aromatic N) is 3. The Bertz CT molecular complexity index is 1380. The molecule has 0 unspecified atom stereocenters. The normalized spacial score (nSPS) is 11.4. The van der Waals surface area contributed by atoms with Gasteiger partial charge < -0.3 is 10.6 Å². The number of hydrogen-bond acceptors (Lipinski definition) is 8. The van der Waals surface area contributed by atoms with Gasteiger partial charge in [-0.2, -0.15) is 4.37 Å². The smallest absolute Gasteiger partial charge is 0.260 e. The van der Waals surface area contributed by atoms with Crippen LogP contribution >= 0.6 is 11.5 Å². The van der Waals surface area contributed by atoms with Gasteiger partial charge in [0.2, 0.25) is 10.0 Å². The largest absolute Gasteiger partial charge is 0.329 e. The second-order valence-electron chi connectivity index (χ2n) is 6.82. The third-order valence-electron chi connectivity index (χ3n) is 4.54. The lowest BCUT2D eigenvalue weighted by Crippen LogP contribution is -2.23. The van der Waals surface area contributed by atoms with Gasteiger partial charge in [0.05, 0.1) is 33.4 Å². The average molecular weight is 469 g/mol. The van der Waals surface area contributed by atoms with Crippen LogP contribution in [-0.2, 0) is 10.0 Å². The molecule has 11 heteroatoms. The monoisotopic (exact) mass is 468 g/mol. The molecule has 0 aliphatic carbocycles. The van der Waals surface area contributed by atoms with Gasteiger partial charge in [-0.3, -0.25) is 9.78 Å². The zero-order valence-electron chi connectivity index (χ0n) is 17.3. The van der Waals surface area contributed by atoms with E-state index in [0.717, 1.165) is 22.6 Å². The Morgan fingerprint density at radius 3 is 2.50 bits per heavy atom. The van der Waals surface area contributed by atoms with E-state index in [1.807, 2.05) is 24.3 Å². The molecule has 1 amide bonds. The zero-order chi connectivity index (χ0) is 22.7. The van der Waals surface area contributed by atoms with Crippen LogP contribution in [0.25, 0.3) is 11.0 Å². The zero-order valence-corrected chi connectivity index (χ0v) is 18.9. The van der Waals surface area contributed by atoms with Gasteiger partial charge in [-0.05, 0) is 54.9 Å². The maximum absolute atomic E-state index is 13.0. The van der Waals surface area contributed by atoms with Gasteiger partial charge in [0.15, 0.2) is 0 Å². The number of carbonyl (C=O) groups excluding carboxylic acids is 1. The second-order valence-corrected chi connectivity index (χ2v) is 9.36. The Hall–Kier alpha value is -3.41. The topological polar surface area (TPSA) is 126 Å². The molecule has 0 aliphatic rings. The third kappa shape index (κ3) is 4.59. The highest BCUT2D eigenvalue weighted by molar-refractivity contribution is 7.89. The highest BCUT2D eigenvalue weighted by Crippen LogP contribution is 2.28. The van der Waals surface area contributed by atoms with Gasteiger partial charge in [-0.1, -0.05) is 19.1 Å². The number of anilines is 3. The first-order valence-corrected chi connectivity index (χ1v) is 12.0. The van der Waals surface area contributed by atoms with E-state index < -0.39 is 10.0 Å². The van der Waals surface area contributed by atoms with Gasteiger partial charge in [-0.15, -0.1) is 0 Å². The molecule has 2 aromatic heterocycles. The molecule has 0 bridgehead atoms. The lowest BCUT2D eigenvalue weighted by atomic mass is 10.2. The molecular formula is C21H20N6O3S2. The van der Waals surface area contributed by atoms with E-state index in [4.69, 9.17) is 0 Å². The van der Waals surface area contributed by atoms with Crippen LogP contribution in [0.1, 0.15) is 23.0 Å². The van der Waals surface area contributed by atoms with Gasteiger partial charge in [0.25, 0.3) is 5.91 Å². The van der Waals surface area contributed by atoms with Crippen molar-refractivity contribution in [1.82, 2.24) is 19.1 Å². The number of sulfonamides is 1. The molecule has 0 saturated carbocycles. The number of nitrogens with one attached hydrogen (secondary N) is 3. The number of rotatable bonds is 7. The number of fused-ring (bicyclic) bond motifs is 1. The molecular weight excluding hydrogens is 448 g/mol. The summed E-state index contributed by atoms with van der Waals surface area (Å²) in [5.74, 6) is 0.133. The van der Waals surface area contributed by atoms with E-state index in [-0.39, 0.29) is 10.8 Å². The van der Waals surface area contributed by atoms with Crippen LogP contribution in [0.2, 0.25) is 0 Å². The number of aromatic nitrogens is 3. The van der Waals surface area contributed by atoms with Gasteiger partial charge in [-0.25, -0.2) is 18.1 Å². The third-order valence-corrected chi connectivity index (χ3v) is 6.95. The first-order valence-electron chi connectivity index (χ1n) is 9.73. The van der Waals surface area contributed by atoms with Crippen molar-refractivity contribution in [3.8, 4) is 0 Å². The Balaban J connectivity index is 1.54. The summed E-state index contributed by atoms with van der Waals surface area (Å²) in [7, 11) is -3.56. The SMILES string of the molecule is CCNS(=O)(=O)c1ccc(NC(=O)c2c(C)nsc2Nc2cnc3ccccc3n2)cc1. The number of hydrogen-bond donors (Lipinski definition) is 3. The summed E-state index contributed by atoms with van der Waals surface area (Å²) in [6.45, 7) is 3.75. The van der Waals surface area contributed by atoms with E-state index >= 15 is 0 Å². The molecule has 9 nitrogen and oxygen atoms in total. The fourth-order valence-corrected chi connectivity index (χ4v) is 4.88. The summed E-state index contributed by atoms with van der Waals surface area (Å²) in [4.78, 5) is 22.0. The summed E-state index contributed by atoms with van der Waals surface area (Å²) in [5.41, 5.74) is 2.92. The molecule has 164 valence electrons. The van der Waals surface area contributed by atoms with E-state index in [9.17, 15) is 13.2 Å².